The number of piperazine rings is 1. The van der Waals surface area contributed by atoms with E-state index in [1.807, 2.05) is 30.6 Å². The lowest BCUT2D eigenvalue weighted by Crippen LogP contribution is -2.45. The fourth-order valence-electron chi connectivity index (χ4n) is 4.82. The molecule has 0 bridgehead atoms. The first-order valence-corrected chi connectivity index (χ1v) is 11.8. The lowest BCUT2D eigenvalue weighted by molar-refractivity contribution is 0.311. The van der Waals surface area contributed by atoms with Crippen molar-refractivity contribution in [1.29, 1.82) is 0 Å². The van der Waals surface area contributed by atoms with E-state index in [1.54, 1.807) is 12.4 Å². The molecule has 8 nitrogen and oxygen atoms in total. The number of oxime groups is 1. The normalized spacial score (nSPS) is 17.2. The third-order valence-electron chi connectivity index (χ3n) is 6.86. The van der Waals surface area contributed by atoms with E-state index in [1.165, 1.54) is 5.56 Å². The number of nitrogens with zero attached hydrogens (tertiary/aromatic N) is 6. The van der Waals surface area contributed by atoms with E-state index in [0.29, 0.717) is 0 Å². The Balaban J connectivity index is 1.37. The Bertz CT molecular complexity index is 1370. The fraction of sp³-hybridized carbons (Fsp3) is 0.259. The van der Waals surface area contributed by atoms with Crippen LogP contribution in [-0.2, 0) is 6.42 Å². The van der Waals surface area contributed by atoms with Crippen molar-refractivity contribution in [1.82, 2.24) is 19.9 Å². The summed E-state index contributed by atoms with van der Waals surface area (Å²) in [5.41, 5.74) is 6.77. The molecule has 1 aliphatic heterocycles. The zero-order chi connectivity index (χ0) is 23.8. The number of hydrogen-bond acceptors (Lipinski definition) is 8. The third-order valence-corrected chi connectivity index (χ3v) is 6.86. The predicted molar refractivity (Wildman–Crippen MR) is 135 cm³/mol. The Morgan fingerprint density at radius 1 is 0.857 bits per heavy atom. The monoisotopic (exact) mass is 466 g/mol. The SMILES string of the molecule is CN1CCN(c2ncc(-c3cc(-c4ccc5c(c4)CC/C5=N\O)c(-c4ccncc4)o3)cn2)CC1. The molecule has 0 atom stereocenters. The van der Waals surface area contributed by atoms with Crippen LogP contribution in [0.15, 0.2) is 70.8 Å². The molecule has 2 aliphatic rings. The molecule has 0 unspecified atom stereocenters. The zero-order valence-electron chi connectivity index (χ0n) is 19.6. The molecule has 4 heterocycles. The minimum atomic E-state index is 0.717. The van der Waals surface area contributed by atoms with E-state index in [-0.39, 0.29) is 0 Å². The van der Waals surface area contributed by atoms with Crippen LogP contribution in [0.5, 0.6) is 0 Å². The van der Waals surface area contributed by atoms with Crippen molar-refractivity contribution in [2.45, 2.75) is 12.8 Å². The standard InChI is InChI=1S/C27H26N6O2/c1-32-10-12-33(13-11-32)27-29-16-21(17-30-27)25-15-23(26(35-25)18-6-8-28-9-7-18)20-2-4-22-19(14-20)3-5-24(22)31-34/h2,4,6-9,14-17,34H,3,5,10-13H2,1H3/b31-24+. The first-order chi connectivity index (χ1) is 17.2. The summed E-state index contributed by atoms with van der Waals surface area (Å²) in [6.07, 6.45) is 8.82. The largest absolute Gasteiger partial charge is 0.455 e. The number of furan rings is 1. The number of rotatable bonds is 4. The molecule has 176 valence electrons. The molecule has 1 aromatic carbocycles. The maximum Gasteiger partial charge on any atom is 0.225 e. The Kier molecular flexibility index (Phi) is 5.50. The predicted octanol–water partition coefficient (Wildman–Crippen LogP) is 4.34. The zero-order valence-corrected chi connectivity index (χ0v) is 19.6. The van der Waals surface area contributed by atoms with Gasteiger partial charge in [0, 0.05) is 67.7 Å². The summed E-state index contributed by atoms with van der Waals surface area (Å²) in [5.74, 6) is 2.25. The van der Waals surface area contributed by atoms with Crippen LogP contribution in [0, 0.1) is 0 Å². The molecule has 6 rings (SSSR count). The van der Waals surface area contributed by atoms with Gasteiger partial charge in [-0.05, 0) is 49.2 Å². The van der Waals surface area contributed by atoms with E-state index in [9.17, 15) is 5.21 Å². The molecule has 0 radical (unpaired) electrons. The van der Waals surface area contributed by atoms with Gasteiger partial charge in [0.25, 0.3) is 0 Å². The van der Waals surface area contributed by atoms with E-state index in [2.05, 4.69) is 55.2 Å². The number of aryl methyl sites for hydroxylation is 1. The Labute approximate surface area is 203 Å². The molecule has 8 heteroatoms. The van der Waals surface area contributed by atoms with Gasteiger partial charge < -0.3 is 19.4 Å². The molecule has 1 N–H and O–H groups in total. The Hall–Kier alpha value is -4.04. The summed E-state index contributed by atoms with van der Waals surface area (Å²) in [6.45, 7) is 3.87. The van der Waals surface area contributed by atoms with Crippen LogP contribution < -0.4 is 4.90 Å². The third kappa shape index (κ3) is 4.06. The second kappa shape index (κ2) is 8.96. The topological polar surface area (TPSA) is 90.9 Å². The lowest BCUT2D eigenvalue weighted by Gasteiger charge is -2.32. The maximum absolute atomic E-state index is 9.29. The number of benzene rings is 1. The molecular formula is C27H26N6O2. The summed E-state index contributed by atoms with van der Waals surface area (Å²) in [6, 6.07) is 12.2. The Morgan fingerprint density at radius 3 is 2.37 bits per heavy atom. The number of fused-ring (bicyclic) bond motifs is 1. The van der Waals surface area contributed by atoms with Gasteiger partial charge in [-0.25, -0.2) is 9.97 Å². The highest BCUT2D eigenvalue weighted by Crippen LogP contribution is 2.40. The van der Waals surface area contributed by atoms with Gasteiger partial charge in [0.1, 0.15) is 11.5 Å². The van der Waals surface area contributed by atoms with Gasteiger partial charge >= 0.3 is 0 Å². The molecule has 3 aromatic heterocycles. The van der Waals surface area contributed by atoms with Gasteiger partial charge in [-0.3, -0.25) is 4.98 Å². The molecule has 35 heavy (non-hydrogen) atoms. The second-order valence-corrected chi connectivity index (χ2v) is 9.07. The van der Waals surface area contributed by atoms with Crippen molar-refractivity contribution >= 4 is 11.7 Å². The highest BCUT2D eigenvalue weighted by molar-refractivity contribution is 6.04. The molecule has 0 saturated carbocycles. The van der Waals surface area contributed by atoms with Crippen molar-refractivity contribution in [2.75, 3.05) is 38.1 Å². The van der Waals surface area contributed by atoms with Crippen LogP contribution in [0.1, 0.15) is 17.5 Å². The number of anilines is 1. The molecule has 0 spiro atoms. The molecule has 1 fully saturated rings. The summed E-state index contributed by atoms with van der Waals surface area (Å²) in [4.78, 5) is 18.0. The van der Waals surface area contributed by atoms with Gasteiger partial charge in [0.2, 0.25) is 5.95 Å². The van der Waals surface area contributed by atoms with Crippen LogP contribution in [0.2, 0.25) is 0 Å². The van der Waals surface area contributed by atoms with Crippen molar-refractivity contribution in [3.63, 3.8) is 0 Å². The maximum atomic E-state index is 9.29. The lowest BCUT2D eigenvalue weighted by atomic mass is 9.98. The smallest absolute Gasteiger partial charge is 0.225 e. The molecular weight excluding hydrogens is 440 g/mol. The van der Waals surface area contributed by atoms with Crippen molar-refractivity contribution in [3.05, 3.63) is 72.3 Å². The van der Waals surface area contributed by atoms with E-state index in [0.717, 1.165) is 90.0 Å². The minimum Gasteiger partial charge on any atom is -0.455 e. The number of aromatic nitrogens is 3. The van der Waals surface area contributed by atoms with E-state index in [4.69, 9.17) is 4.42 Å². The van der Waals surface area contributed by atoms with Crippen LogP contribution in [0.3, 0.4) is 0 Å². The van der Waals surface area contributed by atoms with Crippen molar-refractivity contribution < 1.29 is 9.62 Å². The van der Waals surface area contributed by atoms with Crippen LogP contribution in [-0.4, -0.2) is 64.0 Å². The van der Waals surface area contributed by atoms with Crippen molar-refractivity contribution in [2.24, 2.45) is 5.16 Å². The van der Waals surface area contributed by atoms with E-state index < -0.39 is 0 Å². The highest BCUT2D eigenvalue weighted by Gasteiger charge is 2.22. The van der Waals surface area contributed by atoms with Gasteiger partial charge in [0.15, 0.2) is 0 Å². The van der Waals surface area contributed by atoms with Gasteiger partial charge in [-0.2, -0.15) is 0 Å². The van der Waals surface area contributed by atoms with Crippen molar-refractivity contribution in [3.8, 4) is 33.8 Å². The molecule has 1 saturated heterocycles. The van der Waals surface area contributed by atoms with Crippen LogP contribution >= 0.6 is 0 Å². The first-order valence-electron chi connectivity index (χ1n) is 11.8. The molecule has 4 aromatic rings. The Morgan fingerprint density at radius 2 is 1.63 bits per heavy atom. The summed E-state index contributed by atoms with van der Waals surface area (Å²) in [5, 5.41) is 12.7. The first kappa shape index (κ1) is 21.5. The van der Waals surface area contributed by atoms with E-state index >= 15 is 0 Å². The molecule has 1 aliphatic carbocycles. The average Bonchev–Trinajstić information content (AvgIpc) is 3.54. The summed E-state index contributed by atoms with van der Waals surface area (Å²) < 4.78 is 6.41. The van der Waals surface area contributed by atoms with Crippen LogP contribution in [0.4, 0.5) is 5.95 Å². The quantitative estimate of drug-likeness (QED) is 0.353. The number of hydrogen-bond donors (Lipinski definition) is 1. The van der Waals surface area contributed by atoms with Gasteiger partial charge in [-0.1, -0.05) is 23.4 Å². The number of likely N-dealkylation sites (N-methyl/N-ethyl adjacent to an activating group) is 1. The van der Waals surface area contributed by atoms with Crippen LogP contribution in [0.25, 0.3) is 33.8 Å². The summed E-state index contributed by atoms with van der Waals surface area (Å²) in [7, 11) is 2.14. The minimum absolute atomic E-state index is 0.717. The second-order valence-electron chi connectivity index (χ2n) is 9.07. The fourth-order valence-corrected chi connectivity index (χ4v) is 4.82. The van der Waals surface area contributed by atoms with Gasteiger partial charge in [-0.15, -0.1) is 0 Å². The average molecular weight is 467 g/mol. The number of pyridine rings is 1. The highest BCUT2D eigenvalue weighted by atomic mass is 16.4. The van der Waals surface area contributed by atoms with Gasteiger partial charge in [0.05, 0.1) is 11.3 Å². The summed E-state index contributed by atoms with van der Waals surface area (Å²) >= 11 is 0. The molecule has 0 amide bonds.